The molecule has 1 saturated heterocycles. The van der Waals surface area contributed by atoms with Gasteiger partial charge in [-0.3, -0.25) is 4.79 Å². The predicted octanol–water partition coefficient (Wildman–Crippen LogP) is 1.76. The average molecular weight is 318 g/mol. The fourth-order valence-corrected chi connectivity index (χ4v) is 2.65. The summed E-state index contributed by atoms with van der Waals surface area (Å²) in [6.07, 6.45) is 0.872. The zero-order valence-corrected chi connectivity index (χ0v) is 12.8. The van der Waals surface area contributed by atoms with Crippen LogP contribution in [0, 0.1) is 12.7 Å². The molecule has 1 aromatic heterocycles. The zero-order chi connectivity index (χ0) is 16.4. The topological polar surface area (TPSA) is 82.2 Å². The number of anilines is 1. The summed E-state index contributed by atoms with van der Waals surface area (Å²) in [5, 5.41) is 7.17. The summed E-state index contributed by atoms with van der Waals surface area (Å²) >= 11 is 0. The van der Waals surface area contributed by atoms with Crippen LogP contribution < -0.4 is 11.1 Å². The number of benzene rings is 1. The van der Waals surface area contributed by atoms with Crippen LogP contribution in [0.2, 0.25) is 0 Å². The molecular formula is C16H19FN4O2. The molecule has 2 heterocycles. The molecule has 3 N–H and O–H groups in total. The van der Waals surface area contributed by atoms with Crippen molar-refractivity contribution in [3.63, 3.8) is 0 Å². The van der Waals surface area contributed by atoms with Gasteiger partial charge in [0, 0.05) is 12.6 Å². The molecule has 2 aromatic rings. The Balaban J connectivity index is 1.78. The van der Waals surface area contributed by atoms with E-state index in [1.54, 1.807) is 22.9 Å². The minimum Gasteiger partial charge on any atom is -0.364 e. The van der Waals surface area contributed by atoms with E-state index in [-0.39, 0.29) is 17.8 Å². The van der Waals surface area contributed by atoms with Gasteiger partial charge in [0.2, 0.25) is 0 Å². The first kappa shape index (κ1) is 15.6. The van der Waals surface area contributed by atoms with Crippen LogP contribution in [0.5, 0.6) is 0 Å². The van der Waals surface area contributed by atoms with E-state index in [0.29, 0.717) is 24.5 Å². The van der Waals surface area contributed by atoms with E-state index in [1.807, 2.05) is 6.92 Å². The average Bonchev–Trinajstić information content (AvgIpc) is 3.15. The van der Waals surface area contributed by atoms with Crippen molar-refractivity contribution in [3.05, 3.63) is 41.8 Å². The molecular weight excluding hydrogens is 299 g/mol. The minimum absolute atomic E-state index is 0.0607. The largest absolute Gasteiger partial charge is 0.364 e. The highest BCUT2D eigenvalue weighted by Crippen LogP contribution is 2.22. The SMILES string of the molecule is Cc1cc(NC(=O)[C@@H]2CC[C@H](CN)O2)n(-c2ccc(F)cc2)n1. The first-order chi connectivity index (χ1) is 11.1. The number of aromatic nitrogens is 2. The Morgan fingerprint density at radius 2 is 2.17 bits per heavy atom. The van der Waals surface area contributed by atoms with Gasteiger partial charge in [-0.05, 0) is 44.0 Å². The maximum atomic E-state index is 13.1. The van der Waals surface area contributed by atoms with Crippen LogP contribution in [0.25, 0.3) is 5.69 Å². The molecule has 0 spiro atoms. The summed E-state index contributed by atoms with van der Waals surface area (Å²) in [7, 11) is 0. The van der Waals surface area contributed by atoms with Crippen molar-refractivity contribution in [2.75, 3.05) is 11.9 Å². The summed E-state index contributed by atoms with van der Waals surface area (Å²) in [5.74, 6) is -0.0153. The fraction of sp³-hybridized carbons (Fsp3) is 0.375. The molecule has 6 nitrogen and oxygen atoms in total. The van der Waals surface area contributed by atoms with E-state index in [2.05, 4.69) is 10.4 Å². The Morgan fingerprint density at radius 1 is 1.43 bits per heavy atom. The molecule has 1 aromatic carbocycles. The van der Waals surface area contributed by atoms with Crippen molar-refractivity contribution >= 4 is 11.7 Å². The maximum absolute atomic E-state index is 13.1. The molecule has 0 unspecified atom stereocenters. The number of nitrogens with two attached hydrogens (primary N) is 1. The first-order valence-corrected chi connectivity index (χ1v) is 7.56. The second-order valence-electron chi connectivity index (χ2n) is 5.61. The molecule has 1 aliphatic rings. The number of rotatable bonds is 4. The van der Waals surface area contributed by atoms with Crippen molar-refractivity contribution in [2.45, 2.75) is 32.0 Å². The summed E-state index contributed by atoms with van der Waals surface area (Å²) in [6, 6.07) is 7.67. The summed E-state index contributed by atoms with van der Waals surface area (Å²) in [5.41, 5.74) is 6.98. The van der Waals surface area contributed by atoms with Gasteiger partial charge in [-0.1, -0.05) is 0 Å². The van der Waals surface area contributed by atoms with Crippen LogP contribution in [-0.4, -0.2) is 34.4 Å². The lowest BCUT2D eigenvalue weighted by Crippen LogP contribution is -2.30. The van der Waals surface area contributed by atoms with Crippen molar-refractivity contribution in [3.8, 4) is 5.69 Å². The van der Waals surface area contributed by atoms with E-state index in [0.717, 1.165) is 12.1 Å². The van der Waals surface area contributed by atoms with Crippen LogP contribution >= 0.6 is 0 Å². The Bertz CT molecular complexity index is 699. The summed E-state index contributed by atoms with van der Waals surface area (Å²) in [4.78, 5) is 12.3. The van der Waals surface area contributed by atoms with Gasteiger partial charge in [-0.2, -0.15) is 5.10 Å². The van der Waals surface area contributed by atoms with Gasteiger partial charge in [0.15, 0.2) is 0 Å². The molecule has 7 heteroatoms. The number of amides is 1. The highest BCUT2D eigenvalue weighted by molar-refractivity contribution is 5.93. The normalized spacial score (nSPS) is 20.7. The molecule has 1 fully saturated rings. The zero-order valence-electron chi connectivity index (χ0n) is 12.8. The van der Waals surface area contributed by atoms with Crippen molar-refractivity contribution < 1.29 is 13.9 Å². The maximum Gasteiger partial charge on any atom is 0.254 e. The Hall–Kier alpha value is -2.25. The highest BCUT2D eigenvalue weighted by atomic mass is 19.1. The van der Waals surface area contributed by atoms with Crippen molar-refractivity contribution in [2.24, 2.45) is 5.73 Å². The Labute approximate surface area is 133 Å². The van der Waals surface area contributed by atoms with Crippen LogP contribution in [-0.2, 0) is 9.53 Å². The predicted molar refractivity (Wildman–Crippen MR) is 83.8 cm³/mol. The van der Waals surface area contributed by atoms with Crippen LogP contribution in [0.1, 0.15) is 18.5 Å². The first-order valence-electron chi connectivity index (χ1n) is 7.56. The molecule has 0 saturated carbocycles. The molecule has 0 radical (unpaired) electrons. The number of halogens is 1. The number of carbonyl (C=O) groups is 1. The van der Waals surface area contributed by atoms with Crippen molar-refractivity contribution in [1.82, 2.24) is 9.78 Å². The van der Waals surface area contributed by atoms with E-state index in [4.69, 9.17) is 10.5 Å². The van der Waals surface area contributed by atoms with E-state index in [1.165, 1.54) is 12.1 Å². The highest BCUT2D eigenvalue weighted by Gasteiger charge is 2.30. The third kappa shape index (κ3) is 3.40. The van der Waals surface area contributed by atoms with E-state index in [9.17, 15) is 9.18 Å². The van der Waals surface area contributed by atoms with Crippen LogP contribution in [0.3, 0.4) is 0 Å². The molecule has 3 rings (SSSR count). The summed E-state index contributed by atoms with van der Waals surface area (Å²) in [6.45, 7) is 2.24. The smallest absolute Gasteiger partial charge is 0.254 e. The number of carbonyl (C=O) groups excluding carboxylic acids is 1. The number of ether oxygens (including phenoxy) is 1. The minimum atomic E-state index is -0.500. The van der Waals surface area contributed by atoms with Gasteiger partial charge in [0.25, 0.3) is 5.91 Å². The van der Waals surface area contributed by atoms with E-state index < -0.39 is 6.10 Å². The van der Waals surface area contributed by atoms with Crippen LogP contribution in [0.15, 0.2) is 30.3 Å². The quantitative estimate of drug-likeness (QED) is 0.900. The lowest BCUT2D eigenvalue weighted by atomic mass is 10.2. The second kappa shape index (κ2) is 6.47. The lowest BCUT2D eigenvalue weighted by Gasteiger charge is -2.13. The van der Waals surface area contributed by atoms with Gasteiger partial charge in [-0.15, -0.1) is 0 Å². The number of aryl methyl sites for hydroxylation is 1. The molecule has 0 bridgehead atoms. The molecule has 1 amide bonds. The molecule has 23 heavy (non-hydrogen) atoms. The fourth-order valence-electron chi connectivity index (χ4n) is 2.65. The third-order valence-corrected chi connectivity index (χ3v) is 3.82. The third-order valence-electron chi connectivity index (χ3n) is 3.82. The molecule has 2 atom stereocenters. The summed E-state index contributed by atoms with van der Waals surface area (Å²) < 4.78 is 20.2. The number of hydrogen-bond acceptors (Lipinski definition) is 4. The number of nitrogens with zero attached hydrogens (tertiary/aromatic N) is 2. The van der Waals surface area contributed by atoms with Gasteiger partial charge in [0.1, 0.15) is 17.7 Å². The standard InChI is InChI=1S/C16H19FN4O2/c1-10-8-15(19-16(22)14-7-6-13(9-18)23-14)21(20-10)12-4-2-11(17)3-5-12/h2-5,8,13-14H,6-7,9,18H2,1H3,(H,19,22)/t13-,14+/m1/s1. The van der Waals surface area contributed by atoms with Gasteiger partial charge < -0.3 is 15.8 Å². The van der Waals surface area contributed by atoms with E-state index >= 15 is 0 Å². The monoisotopic (exact) mass is 318 g/mol. The number of nitrogens with one attached hydrogen (secondary N) is 1. The van der Waals surface area contributed by atoms with Gasteiger partial charge in [0.05, 0.1) is 17.5 Å². The number of hydrogen-bond donors (Lipinski definition) is 2. The lowest BCUT2D eigenvalue weighted by molar-refractivity contribution is -0.126. The molecule has 1 aliphatic heterocycles. The Kier molecular flexibility index (Phi) is 4.40. The van der Waals surface area contributed by atoms with Gasteiger partial charge >= 0.3 is 0 Å². The van der Waals surface area contributed by atoms with Gasteiger partial charge in [-0.25, -0.2) is 9.07 Å². The molecule has 122 valence electrons. The van der Waals surface area contributed by atoms with Crippen molar-refractivity contribution in [1.29, 1.82) is 0 Å². The second-order valence-corrected chi connectivity index (χ2v) is 5.61. The molecule has 0 aliphatic carbocycles. The Morgan fingerprint density at radius 3 is 2.83 bits per heavy atom. The van der Waals surface area contributed by atoms with Crippen LogP contribution in [0.4, 0.5) is 10.2 Å².